The Morgan fingerprint density at radius 1 is 1.47 bits per heavy atom. The highest BCUT2D eigenvalue weighted by Crippen LogP contribution is 2.02. The molecule has 0 spiro atoms. The molecule has 0 radical (unpaired) electrons. The predicted molar refractivity (Wildman–Crippen MR) is 58.5 cm³/mol. The summed E-state index contributed by atoms with van der Waals surface area (Å²) in [5.74, 6) is -0.0879. The van der Waals surface area contributed by atoms with Crippen molar-refractivity contribution in [1.29, 1.82) is 0 Å². The van der Waals surface area contributed by atoms with Crippen molar-refractivity contribution in [1.82, 2.24) is 10.2 Å². The fraction of sp³-hybridized carbons (Fsp3) is 0.900. The molecule has 2 atom stereocenters. The number of hydrogen-bond acceptors (Lipinski definition) is 4. The van der Waals surface area contributed by atoms with Crippen molar-refractivity contribution >= 4 is 5.91 Å². The van der Waals surface area contributed by atoms with E-state index in [-0.39, 0.29) is 5.91 Å². The van der Waals surface area contributed by atoms with Crippen molar-refractivity contribution in [2.45, 2.75) is 25.9 Å². The molecular weight excluding hydrogens is 194 g/mol. The molecule has 3 N–H and O–H groups in total. The molecule has 1 fully saturated rings. The summed E-state index contributed by atoms with van der Waals surface area (Å²) >= 11 is 0. The van der Waals surface area contributed by atoms with Gasteiger partial charge in [-0.3, -0.25) is 9.69 Å². The highest BCUT2D eigenvalue weighted by molar-refractivity contribution is 5.80. The summed E-state index contributed by atoms with van der Waals surface area (Å²) < 4.78 is 5.26. The van der Waals surface area contributed by atoms with Gasteiger partial charge < -0.3 is 15.8 Å². The third-order valence-corrected chi connectivity index (χ3v) is 2.65. The van der Waals surface area contributed by atoms with Crippen LogP contribution in [0, 0.1) is 0 Å². The van der Waals surface area contributed by atoms with Crippen LogP contribution in [0.1, 0.15) is 13.8 Å². The Labute approximate surface area is 90.9 Å². The normalized spacial score (nSPS) is 22.1. The average Bonchev–Trinajstić information content (AvgIpc) is 2.26. The third-order valence-electron chi connectivity index (χ3n) is 2.65. The molecule has 0 saturated carbocycles. The van der Waals surface area contributed by atoms with E-state index in [4.69, 9.17) is 10.5 Å². The van der Waals surface area contributed by atoms with E-state index in [0.29, 0.717) is 12.6 Å². The van der Waals surface area contributed by atoms with Crippen LogP contribution in [0.5, 0.6) is 0 Å². The summed E-state index contributed by atoms with van der Waals surface area (Å²) in [5, 5.41) is 2.83. The molecular formula is C10H21N3O2. The SMILES string of the molecule is CC(CNC(=O)[C@H](C)N)N1CCOCC1. The summed E-state index contributed by atoms with van der Waals surface area (Å²) in [5.41, 5.74) is 5.45. The summed E-state index contributed by atoms with van der Waals surface area (Å²) in [7, 11) is 0. The lowest BCUT2D eigenvalue weighted by Crippen LogP contribution is -2.49. The van der Waals surface area contributed by atoms with Crippen LogP contribution in [0.15, 0.2) is 0 Å². The highest BCUT2D eigenvalue weighted by Gasteiger charge is 2.17. The van der Waals surface area contributed by atoms with E-state index >= 15 is 0 Å². The molecule has 0 bridgehead atoms. The van der Waals surface area contributed by atoms with E-state index in [1.165, 1.54) is 0 Å². The maximum absolute atomic E-state index is 11.3. The van der Waals surface area contributed by atoms with Gasteiger partial charge in [0.2, 0.25) is 5.91 Å². The van der Waals surface area contributed by atoms with Gasteiger partial charge in [-0.05, 0) is 13.8 Å². The van der Waals surface area contributed by atoms with Crippen LogP contribution in [0.25, 0.3) is 0 Å². The molecule has 1 saturated heterocycles. The number of amides is 1. The van der Waals surface area contributed by atoms with E-state index in [9.17, 15) is 4.79 Å². The number of carbonyl (C=O) groups is 1. The highest BCUT2D eigenvalue weighted by atomic mass is 16.5. The molecule has 1 aliphatic heterocycles. The van der Waals surface area contributed by atoms with Gasteiger partial charge in [0.1, 0.15) is 0 Å². The van der Waals surface area contributed by atoms with Gasteiger partial charge in [0.25, 0.3) is 0 Å². The van der Waals surface area contributed by atoms with E-state index in [2.05, 4.69) is 17.1 Å². The Hall–Kier alpha value is -0.650. The van der Waals surface area contributed by atoms with Crippen LogP contribution in [0.2, 0.25) is 0 Å². The van der Waals surface area contributed by atoms with Gasteiger partial charge in [-0.2, -0.15) is 0 Å². The number of ether oxygens (including phenoxy) is 1. The van der Waals surface area contributed by atoms with Crippen molar-refractivity contribution in [3.8, 4) is 0 Å². The van der Waals surface area contributed by atoms with Crippen LogP contribution < -0.4 is 11.1 Å². The number of morpholine rings is 1. The van der Waals surface area contributed by atoms with Crippen LogP contribution in [-0.2, 0) is 9.53 Å². The summed E-state index contributed by atoms with van der Waals surface area (Å²) in [4.78, 5) is 13.6. The molecule has 1 amide bonds. The first kappa shape index (κ1) is 12.4. The number of carbonyl (C=O) groups excluding carboxylic acids is 1. The first-order chi connectivity index (χ1) is 7.11. The van der Waals surface area contributed by atoms with Gasteiger partial charge in [0.15, 0.2) is 0 Å². The van der Waals surface area contributed by atoms with E-state index in [1.54, 1.807) is 6.92 Å². The molecule has 0 aromatic rings. The van der Waals surface area contributed by atoms with Crippen molar-refractivity contribution in [2.24, 2.45) is 5.73 Å². The minimum Gasteiger partial charge on any atom is -0.379 e. The van der Waals surface area contributed by atoms with E-state index < -0.39 is 6.04 Å². The minimum absolute atomic E-state index is 0.0879. The Kier molecular flexibility index (Phi) is 5.01. The smallest absolute Gasteiger partial charge is 0.236 e. The first-order valence-electron chi connectivity index (χ1n) is 5.46. The van der Waals surface area contributed by atoms with Crippen LogP contribution in [0.3, 0.4) is 0 Å². The second-order valence-corrected chi connectivity index (χ2v) is 4.03. The molecule has 1 heterocycles. The van der Waals surface area contributed by atoms with Crippen LogP contribution in [-0.4, -0.2) is 55.7 Å². The van der Waals surface area contributed by atoms with Crippen molar-refractivity contribution < 1.29 is 9.53 Å². The molecule has 5 heteroatoms. The standard InChI is InChI=1S/C10H21N3O2/c1-8(7-12-10(14)9(2)11)13-3-5-15-6-4-13/h8-9H,3-7,11H2,1-2H3,(H,12,14)/t8?,9-/m0/s1. The molecule has 88 valence electrons. The van der Waals surface area contributed by atoms with Gasteiger partial charge in [0.05, 0.1) is 19.3 Å². The molecule has 0 aliphatic carbocycles. The molecule has 0 aromatic carbocycles. The Morgan fingerprint density at radius 2 is 2.07 bits per heavy atom. The van der Waals surface area contributed by atoms with E-state index in [0.717, 1.165) is 26.3 Å². The monoisotopic (exact) mass is 215 g/mol. The second-order valence-electron chi connectivity index (χ2n) is 4.03. The average molecular weight is 215 g/mol. The second kappa shape index (κ2) is 6.05. The van der Waals surface area contributed by atoms with Crippen LogP contribution >= 0.6 is 0 Å². The minimum atomic E-state index is -0.429. The number of nitrogens with zero attached hydrogens (tertiary/aromatic N) is 1. The topological polar surface area (TPSA) is 67.6 Å². The fourth-order valence-corrected chi connectivity index (χ4v) is 1.56. The lowest BCUT2D eigenvalue weighted by molar-refractivity contribution is -0.122. The van der Waals surface area contributed by atoms with E-state index in [1.807, 2.05) is 0 Å². The zero-order valence-corrected chi connectivity index (χ0v) is 9.53. The fourth-order valence-electron chi connectivity index (χ4n) is 1.56. The molecule has 15 heavy (non-hydrogen) atoms. The number of nitrogens with one attached hydrogen (secondary N) is 1. The molecule has 1 aliphatic rings. The summed E-state index contributed by atoms with van der Waals surface area (Å²) in [6, 6.07) is -0.0847. The summed E-state index contributed by atoms with van der Waals surface area (Å²) in [6.45, 7) is 7.89. The van der Waals surface area contributed by atoms with Gasteiger partial charge in [-0.1, -0.05) is 0 Å². The van der Waals surface area contributed by atoms with Crippen molar-refractivity contribution in [2.75, 3.05) is 32.8 Å². The number of rotatable bonds is 4. The molecule has 1 rings (SSSR count). The Balaban J connectivity index is 2.22. The quantitative estimate of drug-likeness (QED) is 0.642. The number of hydrogen-bond donors (Lipinski definition) is 2. The largest absolute Gasteiger partial charge is 0.379 e. The van der Waals surface area contributed by atoms with Gasteiger partial charge in [0, 0.05) is 25.7 Å². The van der Waals surface area contributed by atoms with Crippen molar-refractivity contribution in [3.05, 3.63) is 0 Å². The van der Waals surface area contributed by atoms with Crippen LogP contribution in [0.4, 0.5) is 0 Å². The lowest BCUT2D eigenvalue weighted by Gasteiger charge is -2.32. The van der Waals surface area contributed by atoms with Gasteiger partial charge in [-0.25, -0.2) is 0 Å². The summed E-state index contributed by atoms with van der Waals surface area (Å²) in [6.07, 6.45) is 0. The Morgan fingerprint density at radius 3 is 2.60 bits per heavy atom. The molecule has 0 aromatic heterocycles. The van der Waals surface area contributed by atoms with Gasteiger partial charge >= 0.3 is 0 Å². The predicted octanol–water partition coefficient (Wildman–Crippen LogP) is -0.829. The zero-order chi connectivity index (χ0) is 11.3. The molecule has 1 unspecified atom stereocenters. The Bertz CT molecular complexity index is 203. The maximum atomic E-state index is 11.3. The van der Waals surface area contributed by atoms with Gasteiger partial charge in [-0.15, -0.1) is 0 Å². The maximum Gasteiger partial charge on any atom is 0.236 e. The lowest BCUT2D eigenvalue weighted by atomic mass is 10.2. The van der Waals surface area contributed by atoms with Crippen molar-refractivity contribution in [3.63, 3.8) is 0 Å². The first-order valence-corrected chi connectivity index (χ1v) is 5.46. The zero-order valence-electron chi connectivity index (χ0n) is 9.53. The third kappa shape index (κ3) is 4.15. The molecule has 5 nitrogen and oxygen atoms in total. The number of nitrogens with two attached hydrogens (primary N) is 1.